The Hall–Kier alpha value is -11.2. The third-order valence-electron chi connectivity index (χ3n) is 18.8. The molecule has 2 saturated heterocycles. The molecule has 504 valence electrons. The van der Waals surface area contributed by atoms with Crippen LogP contribution in [0.4, 0.5) is 0 Å². The number of fused-ring (bicyclic) bond motifs is 2. The van der Waals surface area contributed by atoms with Crippen LogP contribution in [-0.2, 0) is 28.5 Å². The maximum Gasteiger partial charge on any atom is 0.262 e. The highest BCUT2D eigenvalue weighted by Crippen LogP contribution is 2.59. The van der Waals surface area contributed by atoms with Crippen LogP contribution in [0.25, 0.3) is 43.1 Å². The molecule has 2 fully saturated rings. The number of rotatable bonds is 22. The number of hydrogen-bond acceptors (Lipinski definition) is 16. The summed E-state index contributed by atoms with van der Waals surface area (Å²) in [7, 11) is 0. The normalized spacial score (nSPS) is 16.2. The van der Waals surface area contributed by atoms with Crippen molar-refractivity contribution in [3.63, 3.8) is 0 Å². The van der Waals surface area contributed by atoms with Crippen molar-refractivity contribution in [1.29, 1.82) is 0 Å². The molecule has 4 aliphatic heterocycles. The van der Waals surface area contributed by atoms with Gasteiger partial charge in [-0.05, 0) is 150 Å². The Balaban J connectivity index is 1.07. The van der Waals surface area contributed by atoms with Gasteiger partial charge in [-0.1, -0.05) is 82.9 Å². The summed E-state index contributed by atoms with van der Waals surface area (Å²) in [5.41, 5.74) is 6.76. The van der Waals surface area contributed by atoms with Crippen LogP contribution in [0.3, 0.4) is 0 Å². The van der Waals surface area contributed by atoms with E-state index in [2.05, 4.69) is 20.6 Å². The van der Waals surface area contributed by atoms with Crippen LogP contribution in [0.15, 0.2) is 146 Å². The zero-order chi connectivity index (χ0) is 69.4. The maximum atomic E-state index is 16.4. The first-order valence-electron chi connectivity index (χ1n) is 33.3. The van der Waals surface area contributed by atoms with E-state index in [1.165, 1.54) is 12.4 Å². The highest BCUT2D eigenvalue weighted by atomic mass is 16.7. The minimum Gasteiger partial charge on any atom is -0.456 e. The molecule has 0 aliphatic carbocycles. The third kappa shape index (κ3) is 11.6. The molecule has 100 heavy (non-hydrogen) atoms. The summed E-state index contributed by atoms with van der Waals surface area (Å²) in [6.45, 7) is 16.7. The molecule has 6 amide bonds. The van der Waals surface area contributed by atoms with Gasteiger partial charge in [-0.3, -0.25) is 48.5 Å². The van der Waals surface area contributed by atoms with E-state index in [-0.39, 0.29) is 126 Å². The van der Waals surface area contributed by atoms with Crippen LogP contribution < -0.4 is 29.6 Å². The van der Waals surface area contributed by atoms with E-state index in [4.69, 9.17) is 37.9 Å². The predicted molar refractivity (Wildman–Crippen MR) is 373 cm³/mol. The number of pyridine rings is 2. The molecule has 4 aliphatic rings. The number of nitrogens with one attached hydrogen (secondary N) is 2. The molecule has 0 spiro atoms. The van der Waals surface area contributed by atoms with Gasteiger partial charge < -0.3 is 48.5 Å². The average molecular weight is 1340 g/mol. The van der Waals surface area contributed by atoms with Crippen LogP contribution in [-0.4, -0.2) is 107 Å². The van der Waals surface area contributed by atoms with Gasteiger partial charge in [-0.15, -0.1) is 0 Å². The van der Waals surface area contributed by atoms with Crippen LogP contribution in [0, 0.1) is 55.4 Å². The zero-order valence-corrected chi connectivity index (χ0v) is 56.3. The molecular weight excluding hydrogens is 1270 g/mol. The Kier molecular flexibility index (Phi) is 17.0. The fourth-order valence-corrected chi connectivity index (χ4v) is 13.9. The molecule has 0 bridgehead atoms. The van der Waals surface area contributed by atoms with Crippen molar-refractivity contribution in [2.24, 2.45) is 0 Å². The number of aryl methyl sites for hydroxylation is 8. The van der Waals surface area contributed by atoms with Gasteiger partial charge >= 0.3 is 0 Å². The smallest absolute Gasteiger partial charge is 0.262 e. The standard InChI is InChI=1S/C80H70N6O14/c1-41-15-19-55(45(5)33-41)97-59-37-49-65-50(78(90)85(77(49)89)73(53-13-9-11-25-81-53)75(87)83-27-31-95-63-23-29-93-63)39-61(99-57-21-17-43(3)35-47(57)7)69-70-62(100-58-22-18-44(4)36-48(58)8)40-52-66-51(38-60(68(72(66)70)67(59)71(65)69)98-56-20-16-42(2)34-46(56)6)79(91)86(80(52)92)74(54-14-10-12-26-82-54)76(88)84-28-32-96-64-24-30-94-64/h9-22,25-26,33-40,63-64,73-74H,23-24,27-32H2,1-8H3,(H,83,87)(H,84,88). The van der Waals surface area contributed by atoms with E-state index in [9.17, 15) is 0 Å². The van der Waals surface area contributed by atoms with Crippen molar-refractivity contribution in [3.8, 4) is 46.0 Å². The van der Waals surface area contributed by atoms with Gasteiger partial charge in [-0.25, -0.2) is 0 Å². The Morgan fingerprint density at radius 2 is 0.710 bits per heavy atom. The number of nitrogens with zero attached hydrogens (tertiary/aromatic N) is 4. The van der Waals surface area contributed by atoms with Crippen molar-refractivity contribution >= 4 is 78.5 Å². The van der Waals surface area contributed by atoms with Gasteiger partial charge in [0.1, 0.15) is 46.0 Å². The highest BCUT2D eigenvalue weighted by molar-refractivity contribution is 6.45. The highest BCUT2D eigenvalue weighted by Gasteiger charge is 2.48. The zero-order valence-electron chi connectivity index (χ0n) is 56.3. The fraction of sp³-hybridized carbons (Fsp3) is 0.250. The molecule has 20 heteroatoms. The number of imide groups is 2. The minimum absolute atomic E-state index is 0.00829. The van der Waals surface area contributed by atoms with E-state index in [1.54, 1.807) is 60.7 Å². The van der Waals surface area contributed by atoms with Gasteiger partial charge in [0.15, 0.2) is 24.7 Å². The van der Waals surface area contributed by atoms with Gasteiger partial charge in [-0.2, -0.15) is 0 Å². The number of benzene rings is 9. The second-order valence-electron chi connectivity index (χ2n) is 25.9. The summed E-state index contributed by atoms with van der Waals surface area (Å²) >= 11 is 0. The molecule has 0 saturated carbocycles. The predicted octanol–water partition coefficient (Wildman–Crippen LogP) is 14.6. The quantitative estimate of drug-likeness (QED) is 0.0278. The van der Waals surface area contributed by atoms with E-state index < -0.39 is 60.1 Å². The number of amides is 6. The molecule has 2 N–H and O–H groups in total. The summed E-state index contributed by atoms with van der Waals surface area (Å²) in [5.74, 6) is -2.98. The Morgan fingerprint density at radius 1 is 0.410 bits per heavy atom. The number of carbonyl (C=O) groups excluding carboxylic acids is 6. The summed E-state index contributed by atoms with van der Waals surface area (Å²) in [4.78, 5) is 107. The fourth-order valence-electron chi connectivity index (χ4n) is 13.9. The topological polar surface area (TPSA) is 233 Å². The van der Waals surface area contributed by atoms with E-state index in [0.717, 1.165) is 54.3 Å². The molecule has 4 unspecified atom stereocenters. The molecule has 15 rings (SSSR count). The van der Waals surface area contributed by atoms with Crippen molar-refractivity contribution in [3.05, 3.63) is 224 Å². The number of hydrogen-bond donors (Lipinski definition) is 2. The summed E-state index contributed by atoms with van der Waals surface area (Å²) < 4.78 is 51.9. The minimum atomic E-state index is -1.63. The second kappa shape index (κ2) is 26.3. The monoisotopic (exact) mass is 1340 g/mol. The average Bonchev–Trinajstić information content (AvgIpc) is 0.670. The molecule has 0 radical (unpaired) electrons. The lowest BCUT2D eigenvalue weighted by molar-refractivity contribution is -0.213. The molecule has 20 nitrogen and oxygen atoms in total. The second-order valence-corrected chi connectivity index (χ2v) is 25.9. The van der Waals surface area contributed by atoms with Crippen molar-refractivity contribution < 1.29 is 66.7 Å². The van der Waals surface area contributed by atoms with Crippen LogP contribution in [0.5, 0.6) is 46.0 Å². The first-order chi connectivity index (χ1) is 48.4. The lowest BCUT2D eigenvalue weighted by atomic mass is 9.80. The van der Waals surface area contributed by atoms with Gasteiger partial charge in [0.05, 0.1) is 60.1 Å². The SMILES string of the molecule is Cc1ccc(Oc2cc3c4c(cc(Oc5ccc(C)cc5C)c5c6c(Oc7ccc(C)cc7C)cc7c8c(cc(Oc9ccc(C)cc9C)c(c2c45)c86)C(=O)N(C(C(=O)NCCOC2CCO2)c2ccccn2)C7=O)C(=O)N(C(C(=O)NCCOC2CCO2)c2ccccn2)C3=O)c(C)c1. The van der Waals surface area contributed by atoms with Crippen LogP contribution in [0.2, 0.25) is 0 Å². The first-order valence-corrected chi connectivity index (χ1v) is 33.3. The number of aromatic nitrogens is 2. The lowest BCUT2D eigenvalue weighted by Crippen LogP contribution is -2.49. The van der Waals surface area contributed by atoms with E-state index >= 15 is 28.8 Å². The number of ether oxygens (including phenoxy) is 8. The van der Waals surface area contributed by atoms with E-state index in [1.807, 2.05) is 128 Å². The van der Waals surface area contributed by atoms with Crippen molar-refractivity contribution in [1.82, 2.24) is 30.4 Å². The Labute approximate surface area is 575 Å². The van der Waals surface area contributed by atoms with Crippen LogP contribution in [0.1, 0.15) is 122 Å². The number of carbonyl (C=O) groups is 6. The molecule has 6 heterocycles. The van der Waals surface area contributed by atoms with Gasteiger partial charge in [0.25, 0.3) is 23.6 Å². The molecule has 2 aromatic heterocycles. The Morgan fingerprint density at radius 3 is 0.960 bits per heavy atom. The molecule has 9 aromatic carbocycles. The Bertz CT molecular complexity index is 4650. The molecule has 4 atom stereocenters. The summed E-state index contributed by atoms with van der Waals surface area (Å²) in [6.07, 6.45) is 3.55. The van der Waals surface area contributed by atoms with Gasteiger partial charge in [0.2, 0.25) is 11.8 Å². The largest absolute Gasteiger partial charge is 0.456 e. The summed E-state index contributed by atoms with van der Waals surface area (Å²) in [6, 6.07) is 35.6. The van der Waals surface area contributed by atoms with Crippen LogP contribution >= 0.6 is 0 Å². The molecular formula is C80H70N6O14. The third-order valence-corrected chi connectivity index (χ3v) is 18.8. The summed E-state index contributed by atoms with van der Waals surface area (Å²) in [5, 5.41) is 7.79. The first kappa shape index (κ1) is 64.8. The maximum absolute atomic E-state index is 16.4. The van der Waals surface area contributed by atoms with Gasteiger partial charge in [0, 0.05) is 81.4 Å². The van der Waals surface area contributed by atoms with Crippen molar-refractivity contribution in [2.45, 2.75) is 92.9 Å². The molecule has 11 aromatic rings. The van der Waals surface area contributed by atoms with Crippen molar-refractivity contribution in [2.75, 3.05) is 39.5 Å². The van der Waals surface area contributed by atoms with E-state index in [0.29, 0.717) is 49.1 Å². The lowest BCUT2D eigenvalue weighted by Gasteiger charge is -2.35.